The number of rotatable bonds is 10. The number of fused-ring (bicyclic) bond motifs is 1. The van der Waals surface area contributed by atoms with Gasteiger partial charge in [0.1, 0.15) is 0 Å². The van der Waals surface area contributed by atoms with Crippen LogP contribution in [0.2, 0.25) is 15.1 Å². The molecule has 1 unspecified atom stereocenters. The summed E-state index contributed by atoms with van der Waals surface area (Å²) in [6.07, 6.45) is 3.66. The fraction of sp³-hybridized carbons (Fsp3) is 0.400. The molecule has 3 nitrogen and oxygen atoms in total. The lowest BCUT2D eigenvalue weighted by Crippen LogP contribution is -2.31. The number of hydrogen-bond donors (Lipinski definition) is 1. The Morgan fingerprint density at radius 3 is 2.19 bits per heavy atom. The molecular formula is C25H29Cl3N2O. The van der Waals surface area contributed by atoms with Gasteiger partial charge in [-0.15, -0.1) is 0 Å². The molecule has 0 bridgehead atoms. The van der Waals surface area contributed by atoms with Crippen LogP contribution in [0.15, 0.2) is 42.5 Å². The van der Waals surface area contributed by atoms with Gasteiger partial charge in [-0.25, -0.2) is 4.98 Å². The van der Waals surface area contributed by atoms with Crippen molar-refractivity contribution in [2.45, 2.75) is 45.6 Å². The van der Waals surface area contributed by atoms with Crippen LogP contribution >= 0.6 is 34.8 Å². The second-order valence-electron chi connectivity index (χ2n) is 7.88. The lowest BCUT2D eigenvalue weighted by Gasteiger charge is -2.26. The van der Waals surface area contributed by atoms with E-state index in [1.807, 2.05) is 42.5 Å². The zero-order chi connectivity index (χ0) is 22.4. The van der Waals surface area contributed by atoms with E-state index in [-0.39, 0.29) is 0 Å². The molecule has 2 aromatic carbocycles. The van der Waals surface area contributed by atoms with Crippen LogP contribution in [0, 0.1) is 0 Å². The van der Waals surface area contributed by atoms with Gasteiger partial charge < -0.3 is 10.0 Å². The van der Waals surface area contributed by atoms with E-state index in [1.165, 1.54) is 0 Å². The largest absolute Gasteiger partial charge is 0.387 e. The molecule has 6 heteroatoms. The summed E-state index contributed by atoms with van der Waals surface area (Å²) in [6, 6.07) is 13.2. The molecule has 0 spiro atoms. The van der Waals surface area contributed by atoms with Gasteiger partial charge in [-0.05, 0) is 50.2 Å². The number of halogens is 3. The topological polar surface area (TPSA) is 36.4 Å². The van der Waals surface area contributed by atoms with Gasteiger partial charge in [0, 0.05) is 33.1 Å². The lowest BCUT2D eigenvalue weighted by molar-refractivity contribution is 0.111. The summed E-state index contributed by atoms with van der Waals surface area (Å²) in [7, 11) is 0. The molecule has 166 valence electrons. The number of hydrogen-bond acceptors (Lipinski definition) is 3. The van der Waals surface area contributed by atoms with Gasteiger partial charge in [0.15, 0.2) is 0 Å². The fourth-order valence-corrected chi connectivity index (χ4v) is 4.58. The van der Waals surface area contributed by atoms with Crippen LogP contribution in [0.1, 0.15) is 51.2 Å². The molecule has 1 N–H and O–H groups in total. The highest BCUT2D eigenvalue weighted by Crippen LogP contribution is 2.37. The lowest BCUT2D eigenvalue weighted by atomic mass is 10.0. The van der Waals surface area contributed by atoms with Gasteiger partial charge in [-0.1, -0.05) is 79.7 Å². The first-order valence-electron chi connectivity index (χ1n) is 10.9. The summed E-state index contributed by atoms with van der Waals surface area (Å²) < 4.78 is 0. The molecule has 3 aromatic rings. The Balaban J connectivity index is 1.94. The molecule has 1 heterocycles. The van der Waals surface area contributed by atoms with Crippen molar-refractivity contribution in [2.75, 3.05) is 19.6 Å². The van der Waals surface area contributed by atoms with E-state index in [4.69, 9.17) is 39.8 Å². The highest BCUT2D eigenvalue weighted by Gasteiger charge is 2.22. The number of aliphatic hydroxyl groups excluding tert-OH is 1. The molecule has 0 fully saturated rings. The van der Waals surface area contributed by atoms with Crippen LogP contribution in [-0.4, -0.2) is 34.6 Å². The van der Waals surface area contributed by atoms with Crippen molar-refractivity contribution in [1.82, 2.24) is 9.88 Å². The van der Waals surface area contributed by atoms with Crippen molar-refractivity contribution in [1.29, 1.82) is 0 Å². The SMILES string of the molecule is CCCCN(CCCC)CC(O)c1c(Cl)cc2ccc(-c3ccc(Cl)cc3)nc2c1Cl. The Bertz CT molecular complexity index is 1000. The Hall–Kier alpha value is -1.36. The van der Waals surface area contributed by atoms with Crippen LogP contribution in [0.4, 0.5) is 0 Å². The van der Waals surface area contributed by atoms with Crippen molar-refractivity contribution < 1.29 is 5.11 Å². The van der Waals surface area contributed by atoms with Gasteiger partial charge in [0.25, 0.3) is 0 Å². The molecule has 0 radical (unpaired) electrons. The number of aliphatic hydroxyl groups is 1. The summed E-state index contributed by atoms with van der Waals surface area (Å²) in [5.41, 5.74) is 2.93. The van der Waals surface area contributed by atoms with Crippen LogP contribution in [0.25, 0.3) is 22.2 Å². The summed E-state index contributed by atoms with van der Waals surface area (Å²) in [5, 5.41) is 13.5. The van der Waals surface area contributed by atoms with E-state index in [9.17, 15) is 5.11 Å². The van der Waals surface area contributed by atoms with E-state index in [0.717, 1.165) is 55.4 Å². The van der Waals surface area contributed by atoms with Crippen LogP contribution in [0.3, 0.4) is 0 Å². The maximum Gasteiger partial charge on any atom is 0.0946 e. The summed E-state index contributed by atoms with van der Waals surface area (Å²) >= 11 is 19.3. The maximum atomic E-state index is 11.1. The maximum absolute atomic E-state index is 11.1. The monoisotopic (exact) mass is 478 g/mol. The van der Waals surface area contributed by atoms with E-state index in [1.54, 1.807) is 0 Å². The van der Waals surface area contributed by atoms with E-state index >= 15 is 0 Å². The first-order valence-corrected chi connectivity index (χ1v) is 12.0. The van der Waals surface area contributed by atoms with Crippen molar-refractivity contribution >= 4 is 45.7 Å². The predicted molar refractivity (Wildman–Crippen MR) is 133 cm³/mol. The second-order valence-corrected chi connectivity index (χ2v) is 9.11. The van der Waals surface area contributed by atoms with Gasteiger partial charge in [0.05, 0.1) is 22.3 Å². The van der Waals surface area contributed by atoms with Crippen LogP contribution in [-0.2, 0) is 0 Å². The Morgan fingerprint density at radius 2 is 1.58 bits per heavy atom. The normalized spacial score (nSPS) is 12.6. The summed E-state index contributed by atoms with van der Waals surface area (Å²) in [6.45, 7) is 6.76. The smallest absolute Gasteiger partial charge is 0.0946 e. The molecule has 0 aliphatic heterocycles. The third-order valence-corrected chi connectivity index (χ3v) is 6.42. The molecule has 3 rings (SSSR count). The number of aromatic nitrogens is 1. The minimum absolute atomic E-state index is 0.414. The van der Waals surface area contributed by atoms with Crippen molar-refractivity contribution in [2.24, 2.45) is 0 Å². The Labute approximate surface area is 200 Å². The van der Waals surface area contributed by atoms with E-state index < -0.39 is 6.10 Å². The highest BCUT2D eigenvalue weighted by molar-refractivity contribution is 6.39. The minimum Gasteiger partial charge on any atom is -0.387 e. The Kier molecular flexibility index (Phi) is 9.00. The first kappa shape index (κ1) is 24.3. The molecule has 0 saturated carbocycles. The van der Waals surface area contributed by atoms with Crippen molar-refractivity contribution in [3.8, 4) is 11.3 Å². The standard InChI is InChI=1S/C25H29Cl3N2O/c1-3-5-13-30(14-6-4-2)16-22(31)23-20(27)15-18-9-12-21(29-25(18)24(23)28)17-7-10-19(26)11-8-17/h7-12,15,22,31H,3-6,13-14,16H2,1-2H3. The van der Waals surface area contributed by atoms with Crippen LogP contribution < -0.4 is 0 Å². The first-order chi connectivity index (χ1) is 14.9. The zero-order valence-electron chi connectivity index (χ0n) is 18.0. The van der Waals surface area contributed by atoms with Crippen molar-refractivity contribution in [3.05, 3.63) is 63.1 Å². The summed E-state index contributed by atoms with van der Waals surface area (Å²) in [5.74, 6) is 0. The highest BCUT2D eigenvalue weighted by atomic mass is 35.5. The number of unbranched alkanes of at least 4 members (excludes halogenated alkanes) is 2. The molecule has 1 atom stereocenters. The van der Waals surface area contributed by atoms with Gasteiger partial charge in [0.2, 0.25) is 0 Å². The quantitative estimate of drug-likeness (QED) is 0.322. The van der Waals surface area contributed by atoms with Gasteiger partial charge in [-0.3, -0.25) is 0 Å². The fourth-order valence-electron chi connectivity index (χ4n) is 3.69. The van der Waals surface area contributed by atoms with Gasteiger partial charge >= 0.3 is 0 Å². The van der Waals surface area contributed by atoms with E-state index in [2.05, 4.69) is 18.7 Å². The van der Waals surface area contributed by atoms with Gasteiger partial charge in [-0.2, -0.15) is 0 Å². The summed E-state index contributed by atoms with van der Waals surface area (Å²) in [4.78, 5) is 7.08. The average molecular weight is 480 g/mol. The molecule has 0 aliphatic carbocycles. The second kappa shape index (κ2) is 11.5. The third kappa shape index (κ3) is 6.12. The molecule has 0 aliphatic rings. The molecule has 0 saturated heterocycles. The Morgan fingerprint density at radius 1 is 0.935 bits per heavy atom. The molecule has 31 heavy (non-hydrogen) atoms. The predicted octanol–water partition coefficient (Wildman–Crippen LogP) is 7.80. The minimum atomic E-state index is -0.779. The van der Waals surface area contributed by atoms with Crippen LogP contribution in [0.5, 0.6) is 0 Å². The number of benzene rings is 2. The molecular weight excluding hydrogens is 451 g/mol. The third-order valence-electron chi connectivity index (χ3n) is 5.47. The average Bonchev–Trinajstić information content (AvgIpc) is 2.76. The zero-order valence-corrected chi connectivity index (χ0v) is 20.3. The molecule has 0 amide bonds. The number of nitrogens with zero attached hydrogens (tertiary/aromatic N) is 2. The molecule has 1 aromatic heterocycles. The van der Waals surface area contributed by atoms with E-state index in [0.29, 0.717) is 32.7 Å². The number of pyridine rings is 1. The van der Waals surface area contributed by atoms with Crippen molar-refractivity contribution in [3.63, 3.8) is 0 Å².